The van der Waals surface area contributed by atoms with E-state index in [0.717, 1.165) is 29.8 Å². The number of halogens is 1. The Bertz CT molecular complexity index is 409. The van der Waals surface area contributed by atoms with Gasteiger partial charge in [0.05, 0.1) is 5.60 Å². The minimum Gasteiger partial charge on any atom is -0.389 e. The van der Waals surface area contributed by atoms with E-state index in [1.807, 2.05) is 0 Å². The first-order chi connectivity index (χ1) is 8.66. The predicted octanol–water partition coefficient (Wildman–Crippen LogP) is 3.40. The predicted molar refractivity (Wildman–Crippen MR) is 76.4 cm³/mol. The fourth-order valence-corrected chi connectivity index (χ4v) is 2.98. The summed E-state index contributed by atoms with van der Waals surface area (Å²) in [6.07, 6.45) is 5.71. The van der Waals surface area contributed by atoms with Crippen LogP contribution in [0.5, 0.6) is 0 Å². The van der Waals surface area contributed by atoms with Crippen LogP contribution in [0, 0.1) is 5.92 Å². The first-order valence-corrected chi connectivity index (χ1v) is 7.67. The molecule has 0 bridgehead atoms. The second kappa shape index (κ2) is 4.95. The molecule has 1 unspecified atom stereocenters. The molecule has 1 aromatic rings. The second-order valence-corrected chi connectivity index (χ2v) is 6.74. The molecule has 0 aliphatic heterocycles. The summed E-state index contributed by atoms with van der Waals surface area (Å²) in [6, 6.07) is 8.99. The highest BCUT2D eigenvalue weighted by molar-refractivity contribution is 9.10. The molecule has 3 heteroatoms. The minimum atomic E-state index is -0.428. The van der Waals surface area contributed by atoms with Crippen molar-refractivity contribution in [1.82, 2.24) is 5.32 Å². The number of hydrogen-bond donors (Lipinski definition) is 2. The lowest BCUT2D eigenvalue weighted by molar-refractivity contribution is -0.0337. The number of rotatable bonds is 5. The largest absolute Gasteiger partial charge is 0.389 e. The quantitative estimate of drug-likeness (QED) is 0.873. The Balaban J connectivity index is 1.66. The molecule has 1 aromatic carbocycles. The van der Waals surface area contributed by atoms with Crippen molar-refractivity contribution in [2.75, 3.05) is 6.54 Å². The van der Waals surface area contributed by atoms with Crippen molar-refractivity contribution in [1.29, 1.82) is 0 Å². The van der Waals surface area contributed by atoms with Crippen molar-refractivity contribution < 1.29 is 5.11 Å². The highest BCUT2D eigenvalue weighted by Crippen LogP contribution is 2.42. The fraction of sp³-hybridized carbons (Fsp3) is 0.600. The van der Waals surface area contributed by atoms with Gasteiger partial charge in [0.1, 0.15) is 0 Å². The summed E-state index contributed by atoms with van der Waals surface area (Å²) in [5.74, 6) is 0.759. The first kappa shape index (κ1) is 12.6. The molecule has 0 heterocycles. The highest BCUT2D eigenvalue weighted by Gasteiger charge is 2.37. The molecular weight excluding hydrogens is 290 g/mol. The van der Waals surface area contributed by atoms with Crippen LogP contribution >= 0.6 is 15.9 Å². The maximum atomic E-state index is 10.2. The van der Waals surface area contributed by atoms with Crippen molar-refractivity contribution in [2.24, 2.45) is 5.92 Å². The zero-order chi connectivity index (χ0) is 12.6. The maximum absolute atomic E-state index is 10.2. The van der Waals surface area contributed by atoms with E-state index in [-0.39, 0.29) is 0 Å². The molecule has 0 spiro atoms. The smallest absolute Gasteiger partial charge is 0.0771 e. The van der Waals surface area contributed by atoms with E-state index in [1.165, 1.54) is 24.8 Å². The SMILES string of the molecule is OC1(CNC(c2ccc(Br)cc2)C2CC2)CCC1. The second-order valence-electron chi connectivity index (χ2n) is 5.83. The van der Waals surface area contributed by atoms with Gasteiger partial charge in [0.15, 0.2) is 0 Å². The topological polar surface area (TPSA) is 32.3 Å². The standard InChI is InChI=1S/C15H20BrNO/c16-13-6-4-12(5-7-13)14(11-2-3-11)17-10-15(18)8-1-9-15/h4-7,11,14,17-18H,1-3,8-10H2. The molecule has 0 saturated heterocycles. The van der Waals surface area contributed by atoms with Crippen LogP contribution in [0.3, 0.4) is 0 Å². The third-order valence-electron chi connectivity index (χ3n) is 4.26. The van der Waals surface area contributed by atoms with Crippen LogP contribution in [0.1, 0.15) is 43.7 Å². The van der Waals surface area contributed by atoms with Crippen molar-refractivity contribution in [3.05, 3.63) is 34.3 Å². The van der Waals surface area contributed by atoms with Gasteiger partial charge in [0.2, 0.25) is 0 Å². The van der Waals surface area contributed by atoms with Crippen LogP contribution in [-0.4, -0.2) is 17.3 Å². The van der Waals surface area contributed by atoms with Gasteiger partial charge in [-0.3, -0.25) is 0 Å². The average Bonchev–Trinajstić information content (AvgIpc) is 3.14. The Kier molecular flexibility index (Phi) is 3.48. The van der Waals surface area contributed by atoms with Gasteiger partial charge in [0, 0.05) is 17.1 Å². The Morgan fingerprint density at radius 1 is 1.28 bits per heavy atom. The summed E-state index contributed by atoms with van der Waals surface area (Å²) in [6.45, 7) is 0.740. The lowest BCUT2D eigenvalue weighted by atomic mass is 9.80. The van der Waals surface area contributed by atoms with Crippen LogP contribution in [0.25, 0.3) is 0 Å². The lowest BCUT2D eigenvalue weighted by Crippen LogP contribution is -2.47. The zero-order valence-corrected chi connectivity index (χ0v) is 12.1. The molecule has 0 amide bonds. The molecular formula is C15H20BrNO. The van der Waals surface area contributed by atoms with Gasteiger partial charge >= 0.3 is 0 Å². The molecule has 1 atom stereocenters. The molecule has 2 fully saturated rings. The number of nitrogens with one attached hydrogen (secondary N) is 1. The van der Waals surface area contributed by atoms with Crippen LogP contribution in [0.2, 0.25) is 0 Å². The monoisotopic (exact) mass is 309 g/mol. The molecule has 2 aliphatic rings. The molecule has 2 saturated carbocycles. The Morgan fingerprint density at radius 2 is 1.94 bits per heavy atom. The van der Waals surface area contributed by atoms with Crippen LogP contribution in [0.15, 0.2) is 28.7 Å². The summed E-state index contributed by atoms with van der Waals surface area (Å²) in [4.78, 5) is 0. The molecule has 18 heavy (non-hydrogen) atoms. The molecule has 98 valence electrons. The van der Waals surface area contributed by atoms with Gasteiger partial charge in [-0.2, -0.15) is 0 Å². The van der Waals surface area contributed by atoms with Gasteiger partial charge in [-0.1, -0.05) is 28.1 Å². The molecule has 2 nitrogen and oxygen atoms in total. The first-order valence-electron chi connectivity index (χ1n) is 6.88. The molecule has 2 N–H and O–H groups in total. The van der Waals surface area contributed by atoms with E-state index in [4.69, 9.17) is 0 Å². The van der Waals surface area contributed by atoms with E-state index in [2.05, 4.69) is 45.5 Å². The van der Waals surface area contributed by atoms with Crippen LogP contribution < -0.4 is 5.32 Å². The Hall–Kier alpha value is -0.380. The third-order valence-corrected chi connectivity index (χ3v) is 4.79. The van der Waals surface area contributed by atoms with Gasteiger partial charge in [-0.25, -0.2) is 0 Å². The van der Waals surface area contributed by atoms with E-state index in [1.54, 1.807) is 0 Å². The highest BCUT2D eigenvalue weighted by atomic mass is 79.9. The number of benzene rings is 1. The van der Waals surface area contributed by atoms with Crippen molar-refractivity contribution >= 4 is 15.9 Å². The molecule has 3 rings (SSSR count). The van der Waals surface area contributed by atoms with Crippen LogP contribution in [-0.2, 0) is 0 Å². The summed E-state index contributed by atoms with van der Waals surface area (Å²) in [5, 5.41) is 13.8. The number of aliphatic hydroxyl groups is 1. The lowest BCUT2D eigenvalue weighted by Gasteiger charge is -2.38. The van der Waals surface area contributed by atoms with E-state index in [9.17, 15) is 5.11 Å². The maximum Gasteiger partial charge on any atom is 0.0771 e. The van der Waals surface area contributed by atoms with Gasteiger partial charge < -0.3 is 10.4 Å². The minimum absolute atomic E-state index is 0.419. The molecule has 0 aromatic heterocycles. The van der Waals surface area contributed by atoms with E-state index in [0.29, 0.717) is 6.04 Å². The van der Waals surface area contributed by atoms with E-state index >= 15 is 0 Å². The normalized spacial score (nSPS) is 23.4. The Morgan fingerprint density at radius 3 is 2.44 bits per heavy atom. The van der Waals surface area contributed by atoms with Gasteiger partial charge in [-0.05, 0) is 55.7 Å². The fourth-order valence-electron chi connectivity index (χ4n) is 2.72. The van der Waals surface area contributed by atoms with Crippen molar-refractivity contribution in [3.63, 3.8) is 0 Å². The average molecular weight is 310 g/mol. The summed E-state index contributed by atoms with van der Waals surface area (Å²) in [7, 11) is 0. The molecule has 2 aliphatic carbocycles. The van der Waals surface area contributed by atoms with Crippen LogP contribution in [0.4, 0.5) is 0 Å². The Labute approximate surface area is 117 Å². The number of hydrogen-bond acceptors (Lipinski definition) is 2. The third kappa shape index (κ3) is 2.79. The zero-order valence-electron chi connectivity index (χ0n) is 10.5. The summed E-state index contributed by atoms with van der Waals surface area (Å²) < 4.78 is 1.12. The van der Waals surface area contributed by atoms with Crippen molar-refractivity contribution in [3.8, 4) is 0 Å². The van der Waals surface area contributed by atoms with Gasteiger partial charge in [-0.15, -0.1) is 0 Å². The van der Waals surface area contributed by atoms with Gasteiger partial charge in [0.25, 0.3) is 0 Å². The van der Waals surface area contributed by atoms with E-state index < -0.39 is 5.60 Å². The summed E-state index contributed by atoms with van der Waals surface area (Å²) in [5.41, 5.74) is 0.923. The summed E-state index contributed by atoms with van der Waals surface area (Å²) >= 11 is 3.48. The molecule has 0 radical (unpaired) electrons. The van der Waals surface area contributed by atoms with Crippen molar-refractivity contribution in [2.45, 2.75) is 43.7 Å².